The van der Waals surface area contributed by atoms with Gasteiger partial charge >= 0.3 is 5.97 Å². The molecule has 0 spiro atoms. The summed E-state index contributed by atoms with van der Waals surface area (Å²) in [6, 6.07) is 5.60. The smallest absolute Gasteiger partial charge is 0.330 e. The first kappa shape index (κ1) is 18.6. The van der Waals surface area contributed by atoms with Crippen molar-refractivity contribution in [1.29, 1.82) is 0 Å². The molecule has 0 aliphatic carbocycles. The van der Waals surface area contributed by atoms with Crippen molar-refractivity contribution in [1.82, 2.24) is 4.72 Å². The molecule has 0 bridgehead atoms. The molecular weight excluding hydrogens is 320 g/mol. The van der Waals surface area contributed by atoms with Gasteiger partial charge in [0.15, 0.2) is 0 Å². The summed E-state index contributed by atoms with van der Waals surface area (Å²) in [5, 5.41) is 2.50. The first-order chi connectivity index (χ1) is 10.9. The Hall–Kier alpha value is -2.45. The Balaban J connectivity index is 2.69. The largest absolute Gasteiger partial charge is 0.463 e. The van der Waals surface area contributed by atoms with Gasteiger partial charge in [0, 0.05) is 24.4 Å². The highest BCUT2D eigenvalue weighted by atomic mass is 32.2. The Morgan fingerprint density at radius 1 is 1.22 bits per heavy atom. The van der Waals surface area contributed by atoms with E-state index in [9.17, 15) is 18.0 Å². The second-order valence-corrected chi connectivity index (χ2v) is 6.01. The van der Waals surface area contributed by atoms with Gasteiger partial charge in [-0.25, -0.2) is 17.9 Å². The van der Waals surface area contributed by atoms with Gasteiger partial charge in [-0.3, -0.25) is 4.79 Å². The third-order valence-electron chi connectivity index (χ3n) is 2.51. The molecule has 0 heterocycles. The molecule has 0 saturated carbocycles. The number of carbonyl (C=O) groups is 2. The molecule has 0 aliphatic rings. The quantitative estimate of drug-likeness (QED) is 0.421. The number of hydrogen-bond acceptors (Lipinski definition) is 5. The minimum Gasteiger partial charge on any atom is -0.463 e. The normalized spacial score (nSPS) is 11.2. The van der Waals surface area contributed by atoms with Crippen LogP contribution < -0.4 is 10.0 Å². The molecule has 8 heteroatoms. The van der Waals surface area contributed by atoms with Crippen LogP contribution in [0.25, 0.3) is 0 Å². The van der Waals surface area contributed by atoms with Crippen LogP contribution in [0.2, 0.25) is 0 Å². The van der Waals surface area contributed by atoms with Crippen LogP contribution in [0.3, 0.4) is 0 Å². The zero-order chi connectivity index (χ0) is 17.3. The van der Waals surface area contributed by atoms with E-state index < -0.39 is 21.9 Å². The molecule has 0 saturated heterocycles. The van der Waals surface area contributed by atoms with Gasteiger partial charge in [0.25, 0.3) is 0 Å². The molecule has 1 amide bonds. The van der Waals surface area contributed by atoms with Gasteiger partial charge in [0.1, 0.15) is 0 Å². The number of nitrogens with one attached hydrogen (secondary N) is 2. The summed E-state index contributed by atoms with van der Waals surface area (Å²) in [7, 11) is -3.60. The number of anilines is 1. The molecule has 7 nitrogen and oxygen atoms in total. The van der Waals surface area contributed by atoms with Gasteiger partial charge in [-0.2, -0.15) is 0 Å². The summed E-state index contributed by atoms with van der Waals surface area (Å²) >= 11 is 0. The summed E-state index contributed by atoms with van der Waals surface area (Å²) in [5.74, 6) is -1.14. The van der Waals surface area contributed by atoms with E-state index in [0.717, 1.165) is 12.2 Å². The Morgan fingerprint density at radius 3 is 2.43 bits per heavy atom. The van der Waals surface area contributed by atoms with Crippen LogP contribution in [0.5, 0.6) is 0 Å². The standard InChI is InChI=1S/C15H18N2O5S/c1-3-11-16-23(20,21)13-7-5-12(6-8-13)17-14(18)9-10-15(19)22-4-2/h3,5-10,16H,1,4,11H2,2H3,(H,17,18). The minimum absolute atomic E-state index is 0.0689. The Morgan fingerprint density at radius 2 is 1.87 bits per heavy atom. The number of hydrogen-bond donors (Lipinski definition) is 2. The fraction of sp³-hybridized carbons (Fsp3) is 0.200. The number of benzene rings is 1. The number of ether oxygens (including phenoxy) is 1. The van der Waals surface area contributed by atoms with Gasteiger partial charge in [0.2, 0.25) is 15.9 Å². The molecule has 0 unspecified atom stereocenters. The number of carbonyl (C=O) groups excluding carboxylic acids is 2. The van der Waals surface area contributed by atoms with E-state index >= 15 is 0 Å². The second-order valence-electron chi connectivity index (χ2n) is 4.24. The summed E-state index contributed by atoms with van der Waals surface area (Å²) in [4.78, 5) is 22.7. The average molecular weight is 338 g/mol. The van der Waals surface area contributed by atoms with Crippen molar-refractivity contribution >= 4 is 27.6 Å². The Bertz CT molecular complexity index is 693. The van der Waals surface area contributed by atoms with Crippen LogP contribution in [0.4, 0.5) is 5.69 Å². The van der Waals surface area contributed by atoms with E-state index in [1.807, 2.05) is 0 Å². The van der Waals surface area contributed by atoms with Crippen LogP contribution in [0.1, 0.15) is 6.92 Å². The molecule has 0 fully saturated rings. The van der Waals surface area contributed by atoms with E-state index in [-0.39, 0.29) is 18.0 Å². The van der Waals surface area contributed by atoms with Crippen molar-refractivity contribution in [3.8, 4) is 0 Å². The first-order valence-electron chi connectivity index (χ1n) is 6.75. The first-order valence-corrected chi connectivity index (χ1v) is 8.24. The van der Waals surface area contributed by atoms with Crippen LogP contribution in [-0.4, -0.2) is 33.4 Å². The van der Waals surface area contributed by atoms with Crippen LogP contribution in [-0.2, 0) is 24.3 Å². The molecule has 124 valence electrons. The van der Waals surface area contributed by atoms with Gasteiger partial charge < -0.3 is 10.1 Å². The maximum atomic E-state index is 11.9. The predicted molar refractivity (Wildman–Crippen MR) is 86.2 cm³/mol. The summed E-state index contributed by atoms with van der Waals surface area (Å²) in [5.41, 5.74) is 0.395. The van der Waals surface area contributed by atoms with Crippen molar-refractivity contribution in [3.05, 3.63) is 49.1 Å². The highest BCUT2D eigenvalue weighted by Gasteiger charge is 2.12. The topological polar surface area (TPSA) is 102 Å². The van der Waals surface area contributed by atoms with Gasteiger partial charge in [-0.1, -0.05) is 6.08 Å². The molecule has 1 aromatic carbocycles. The molecule has 0 aliphatic heterocycles. The van der Waals surface area contributed by atoms with E-state index in [1.165, 1.54) is 30.3 Å². The fourth-order valence-electron chi connectivity index (χ4n) is 1.49. The Labute approximate surface area is 135 Å². The lowest BCUT2D eigenvalue weighted by Gasteiger charge is -2.06. The summed E-state index contributed by atoms with van der Waals surface area (Å²) < 4.78 is 30.7. The minimum atomic E-state index is -3.60. The molecule has 2 N–H and O–H groups in total. The van der Waals surface area contributed by atoms with E-state index in [2.05, 4.69) is 21.4 Å². The molecule has 1 rings (SSSR count). The van der Waals surface area contributed by atoms with E-state index in [1.54, 1.807) is 6.92 Å². The lowest BCUT2D eigenvalue weighted by Crippen LogP contribution is -2.23. The molecular formula is C15H18N2O5S. The van der Waals surface area contributed by atoms with Crippen molar-refractivity contribution in [3.63, 3.8) is 0 Å². The maximum absolute atomic E-state index is 11.9. The van der Waals surface area contributed by atoms with Gasteiger partial charge in [0.05, 0.1) is 11.5 Å². The van der Waals surface area contributed by atoms with Crippen molar-refractivity contribution < 1.29 is 22.7 Å². The van der Waals surface area contributed by atoms with E-state index in [0.29, 0.717) is 5.69 Å². The SMILES string of the molecule is C=CCNS(=O)(=O)c1ccc(NC(=O)C=CC(=O)OCC)cc1. The number of amides is 1. The molecule has 0 aromatic heterocycles. The fourth-order valence-corrected chi connectivity index (χ4v) is 2.49. The molecule has 23 heavy (non-hydrogen) atoms. The highest BCUT2D eigenvalue weighted by molar-refractivity contribution is 7.89. The predicted octanol–water partition coefficient (Wildman–Crippen LogP) is 1.21. The number of sulfonamides is 1. The Kier molecular flexibility index (Phi) is 7.17. The molecule has 0 radical (unpaired) electrons. The maximum Gasteiger partial charge on any atom is 0.330 e. The van der Waals surface area contributed by atoms with Crippen molar-refractivity contribution in [2.75, 3.05) is 18.5 Å². The van der Waals surface area contributed by atoms with Crippen LogP contribution >= 0.6 is 0 Å². The number of esters is 1. The number of rotatable bonds is 8. The zero-order valence-electron chi connectivity index (χ0n) is 12.6. The van der Waals surface area contributed by atoms with Crippen LogP contribution in [0.15, 0.2) is 54.0 Å². The van der Waals surface area contributed by atoms with Gasteiger partial charge in [-0.05, 0) is 31.2 Å². The van der Waals surface area contributed by atoms with Gasteiger partial charge in [-0.15, -0.1) is 6.58 Å². The lowest BCUT2D eigenvalue weighted by atomic mass is 10.3. The highest BCUT2D eigenvalue weighted by Crippen LogP contribution is 2.13. The zero-order valence-corrected chi connectivity index (χ0v) is 13.4. The summed E-state index contributed by atoms with van der Waals surface area (Å²) in [6.07, 6.45) is 3.48. The molecule has 1 aromatic rings. The third-order valence-corrected chi connectivity index (χ3v) is 3.95. The monoisotopic (exact) mass is 338 g/mol. The summed E-state index contributed by atoms with van der Waals surface area (Å²) in [6.45, 7) is 5.44. The average Bonchev–Trinajstić information content (AvgIpc) is 2.52. The van der Waals surface area contributed by atoms with E-state index in [4.69, 9.17) is 0 Å². The van der Waals surface area contributed by atoms with Crippen molar-refractivity contribution in [2.24, 2.45) is 0 Å². The third kappa shape index (κ3) is 6.45. The molecule has 0 atom stereocenters. The second kappa shape index (κ2) is 8.86. The van der Waals surface area contributed by atoms with Crippen molar-refractivity contribution in [2.45, 2.75) is 11.8 Å². The lowest BCUT2D eigenvalue weighted by molar-refractivity contribution is -0.137. The van der Waals surface area contributed by atoms with Crippen LogP contribution in [0, 0.1) is 0 Å².